The summed E-state index contributed by atoms with van der Waals surface area (Å²) < 4.78 is 55.7. The fourth-order valence-electron chi connectivity index (χ4n) is 3.26. The summed E-state index contributed by atoms with van der Waals surface area (Å²) in [5.41, 5.74) is -0.0633. The van der Waals surface area contributed by atoms with Crippen molar-refractivity contribution < 1.29 is 22.4 Å². The lowest BCUT2D eigenvalue weighted by Gasteiger charge is -2.37. The Morgan fingerprint density at radius 3 is 2.62 bits per heavy atom. The summed E-state index contributed by atoms with van der Waals surface area (Å²) in [7, 11) is 1.51. The molecule has 0 bridgehead atoms. The summed E-state index contributed by atoms with van der Waals surface area (Å²) in [5.74, 6) is -1.05. The van der Waals surface area contributed by atoms with Crippen molar-refractivity contribution in [1.29, 1.82) is 0 Å². The summed E-state index contributed by atoms with van der Waals surface area (Å²) in [6, 6.07) is 2.16. The number of rotatable bonds is 5. The van der Waals surface area contributed by atoms with Crippen molar-refractivity contribution in [3.63, 3.8) is 0 Å². The first-order chi connectivity index (χ1) is 13.7. The van der Waals surface area contributed by atoms with E-state index >= 15 is 4.39 Å². The van der Waals surface area contributed by atoms with Gasteiger partial charge in [0.2, 0.25) is 5.95 Å². The highest BCUT2D eigenvalue weighted by Gasteiger charge is 2.40. The second-order valence-electron chi connectivity index (χ2n) is 7.00. The van der Waals surface area contributed by atoms with Crippen molar-refractivity contribution in [2.24, 2.45) is 13.0 Å². The van der Waals surface area contributed by atoms with Crippen molar-refractivity contribution in [1.82, 2.24) is 19.7 Å². The van der Waals surface area contributed by atoms with Crippen LogP contribution in [0.3, 0.4) is 0 Å². The Kier molecular flexibility index (Phi) is 6.35. The molecule has 1 atom stereocenters. The van der Waals surface area contributed by atoms with E-state index in [9.17, 15) is 18.0 Å². The molecule has 6 nitrogen and oxygen atoms in total. The minimum Gasteiger partial charge on any atom is -0.325 e. The molecule has 0 aromatic carbocycles. The van der Waals surface area contributed by atoms with E-state index in [4.69, 9.17) is 0 Å². The molecule has 1 aliphatic rings. The van der Waals surface area contributed by atoms with Gasteiger partial charge in [-0.25, -0.2) is 22.9 Å². The van der Waals surface area contributed by atoms with Gasteiger partial charge in [0.25, 0.3) is 6.43 Å². The van der Waals surface area contributed by atoms with Crippen LogP contribution in [0.15, 0.2) is 29.4 Å². The van der Waals surface area contributed by atoms with E-state index in [0.29, 0.717) is 31.6 Å². The molecule has 29 heavy (non-hydrogen) atoms. The Labute approximate surface area is 169 Å². The zero-order valence-corrected chi connectivity index (χ0v) is 16.7. The van der Waals surface area contributed by atoms with Crippen LogP contribution in [0.25, 0.3) is 0 Å². The number of pyridine rings is 1. The topological polar surface area (TPSA) is 63.1 Å². The average molecular weight is 431 g/mol. The number of aromatic nitrogens is 3. The molecule has 0 unspecified atom stereocenters. The molecule has 3 heterocycles. The third-order valence-corrected chi connectivity index (χ3v) is 6.10. The Morgan fingerprint density at radius 2 is 2.03 bits per heavy atom. The van der Waals surface area contributed by atoms with Crippen molar-refractivity contribution in [3.8, 4) is 0 Å². The molecule has 0 saturated carbocycles. The number of amides is 2. The number of halogens is 4. The lowest BCUT2D eigenvalue weighted by molar-refractivity contribution is 0.123. The maximum atomic E-state index is 15.3. The zero-order valence-electron chi connectivity index (χ0n) is 15.9. The van der Waals surface area contributed by atoms with E-state index in [1.54, 1.807) is 0 Å². The lowest BCUT2D eigenvalue weighted by atomic mass is 9.92. The smallest absolute Gasteiger partial charge is 0.321 e. The highest BCUT2D eigenvalue weighted by molar-refractivity contribution is 8.00. The second kappa shape index (κ2) is 8.60. The molecule has 1 fully saturated rings. The Hall–Kier alpha value is -2.30. The minimum atomic E-state index is -2.78. The van der Waals surface area contributed by atoms with Gasteiger partial charge < -0.3 is 10.2 Å². The predicted molar refractivity (Wildman–Crippen MR) is 101 cm³/mol. The van der Waals surface area contributed by atoms with Gasteiger partial charge in [-0.15, -0.1) is 0 Å². The van der Waals surface area contributed by atoms with Gasteiger partial charge in [0.15, 0.2) is 5.00 Å². The van der Waals surface area contributed by atoms with Gasteiger partial charge in [0.05, 0.1) is 16.8 Å². The maximum absolute atomic E-state index is 15.3. The van der Waals surface area contributed by atoms with Crippen LogP contribution in [0.4, 0.5) is 28.0 Å². The zero-order chi connectivity index (χ0) is 21.2. The highest BCUT2D eigenvalue weighted by atomic mass is 32.2. The van der Waals surface area contributed by atoms with Gasteiger partial charge in [-0.2, -0.15) is 9.49 Å². The Morgan fingerprint density at radius 1 is 1.34 bits per heavy atom. The third kappa shape index (κ3) is 5.20. The normalized spacial score (nSPS) is 17.4. The van der Waals surface area contributed by atoms with Gasteiger partial charge >= 0.3 is 6.03 Å². The standard InChI is InChI=1S/C18H21F4N5OS/c1-18(22,29-13-10-26(2)25-15(13)16(20)21)11-5-7-27(8-6-11)17(28)24-12-3-4-14(19)23-9-12/h3-4,9-11,16H,5-8H2,1-2H3,(H,24,28)/t18-/m1/s1. The van der Waals surface area contributed by atoms with Crippen molar-refractivity contribution in [2.45, 2.75) is 36.1 Å². The molecule has 1 aliphatic heterocycles. The Balaban J connectivity index is 1.57. The number of thioether (sulfide) groups is 1. The number of likely N-dealkylation sites (tertiary alicyclic amines) is 1. The monoisotopic (exact) mass is 431 g/mol. The van der Waals surface area contributed by atoms with Gasteiger partial charge in [0, 0.05) is 32.3 Å². The largest absolute Gasteiger partial charge is 0.325 e. The number of alkyl halides is 3. The summed E-state index contributed by atoms with van der Waals surface area (Å²) in [4.78, 5) is 17.5. The minimum absolute atomic E-state index is 0.122. The molecule has 2 aromatic heterocycles. The van der Waals surface area contributed by atoms with Crippen LogP contribution < -0.4 is 5.32 Å². The fraction of sp³-hybridized carbons (Fsp3) is 0.500. The number of piperidine rings is 1. The number of hydrogen-bond donors (Lipinski definition) is 1. The van der Waals surface area contributed by atoms with Crippen LogP contribution in [0.1, 0.15) is 31.9 Å². The summed E-state index contributed by atoms with van der Waals surface area (Å²) in [6.07, 6.45) is 0.604. The van der Waals surface area contributed by atoms with Gasteiger partial charge in [0.1, 0.15) is 5.69 Å². The van der Waals surface area contributed by atoms with E-state index in [0.717, 1.165) is 17.8 Å². The number of anilines is 1. The van der Waals surface area contributed by atoms with Crippen LogP contribution in [0.2, 0.25) is 0 Å². The van der Waals surface area contributed by atoms with Crippen LogP contribution in [-0.4, -0.2) is 43.8 Å². The van der Waals surface area contributed by atoms with Gasteiger partial charge in [-0.3, -0.25) is 4.68 Å². The molecule has 0 aliphatic carbocycles. The van der Waals surface area contributed by atoms with Crippen LogP contribution >= 0.6 is 11.8 Å². The molecule has 1 N–H and O–H groups in total. The average Bonchev–Trinajstić information content (AvgIpc) is 3.03. The number of nitrogens with zero attached hydrogens (tertiary/aromatic N) is 4. The molecule has 0 spiro atoms. The van der Waals surface area contributed by atoms with Crippen LogP contribution in [0, 0.1) is 11.9 Å². The SMILES string of the molecule is Cn1cc(S[C@@](C)(F)C2CCN(C(=O)Nc3ccc(F)nc3)CC2)c(C(F)F)n1. The molecule has 0 radical (unpaired) electrons. The van der Waals surface area contributed by atoms with E-state index in [1.165, 1.54) is 42.0 Å². The number of hydrogen-bond acceptors (Lipinski definition) is 4. The predicted octanol–water partition coefficient (Wildman–Crippen LogP) is 4.61. The first-order valence-electron chi connectivity index (χ1n) is 9.03. The molecule has 1 saturated heterocycles. The number of carbonyl (C=O) groups is 1. The number of carbonyl (C=O) groups excluding carboxylic acids is 1. The molecule has 2 aromatic rings. The quantitative estimate of drug-likeness (QED) is 0.427. The molecule has 3 rings (SSSR count). The Bertz CT molecular complexity index is 850. The van der Waals surface area contributed by atoms with Crippen molar-refractivity contribution >= 4 is 23.5 Å². The summed E-state index contributed by atoms with van der Waals surface area (Å²) in [5, 5.41) is 4.55. The third-order valence-electron chi connectivity index (χ3n) is 4.83. The molecule has 2 amide bonds. The summed E-state index contributed by atoms with van der Waals surface area (Å²) in [6.45, 7) is 2.02. The van der Waals surface area contributed by atoms with Crippen molar-refractivity contribution in [2.75, 3.05) is 18.4 Å². The van der Waals surface area contributed by atoms with Crippen LogP contribution in [0.5, 0.6) is 0 Å². The number of aryl methyl sites for hydroxylation is 1. The second-order valence-corrected chi connectivity index (χ2v) is 8.44. The van der Waals surface area contributed by atoms with Gasteiger partial charge in [-0.1, -0.05) is 11.8 Å². The van der Waals surface area contributed by atoms with E-state index in [1.807, 2.05) is 0 Å². The number of nitrogens with one attached hydrogen (secondary N) is 1. The van der Waals surface area contributed by atoms with Crippen LogP contribution in [-0.2, 0) is 7.05 Å². The van der Waals surface area contributed by atoms with Gasteiger partial charge in [-0.05, 0) is 31.9 Å². The first-order valence-corrected chi connectivity index (χ1v) is 9.84. The fourth-order valence-corrected chi connectivity index (χ4v) is 4.53. The summed E-state index contributed by atoms with van der Waals surface area (Å²) >= 11 is 0.749. The maximum Gasteiger partial charge on any atom is 0.321 e. The molecular formula is C18H21F4N5OS. The lowest BCUT2D eigenvalue weighted by Crippen LogP contribution is -2.44. The van der Waals surface area contributed by atoms with E-state index < -0.39 is 29.0 Å². The highest BCUT2D eigenvalue weighted by Crippen LogP contribution is 2.46. The molecule has 158 valence electrons. The molecular weight excluding hydrogens is 410 g/mol. The van der Waals surface area contributed by atoms with E-state index in [2.05, 4.69) is 15.4 Å². The van der Waals surface area contributed by atoms with E-state index in [-0.39, 0.29) is 10.9 Å². The van der Waals surface area contributed by atoms with Crippen molar-refractivity contribution in [3.05, 3.63) is 36.2 Å². The number of urea groups is 1. The molecule has 11 heteroatoms. The first kappa shape index (κ1) is 21.4.